The summed E-state index contributed by atoms with van der Waals surface area (Å²) in [5.41, 5.74) is 26.4. The Bertz CT molecular complexity index is 4410. The highest BCUT2D eigenvalue weighted by Crippen LogP contribution is 2.58. The molecule has 0 bridgehead atoms. The molecule has 386 valence electrons. The molecule has 0 aromatic heterocycles. The van der Waals surface area contributed by atoms with Crippen molar-refractivity contribution in [1.29, 1.82) is 5.26 Å². The Morgan fingerprint density at radius 1 is 0.390 bits per heavy atom. The molecule has 0 saturated heterocycles. The molecule has 2 heterocycles. The molecule has 3 nitrogen and oxygen atoms in total. The number of nitriles is 1. The van der Waals surface area contributed by atoms with Crippen LogP contribution in [0.5, 0.6) is 11.5 Å². The van der Waals surface area contributed by atoms with Crippen molar-refractivity contribution in [3.8, 4) is 84.3 Å². The topological polar surface area (TPSA) is 36.3 Å². The Morgan fingerprint density at radius 2 is 0.890 bits per heavy atom. The van der Waals surface area contributed by atoms with Gasteiger partial charge < -0.3 is 9.64 Å². The lowest BCUT2D eigenvalue weighted by Crippen LogP contribution is -2.59. The summed E-state index contributed by atoms with van der Waals surface area (Å²) in [4.78, 5) is 2.50. The Kier molecular flexibility index (Phi) is 11.5. The molecule has 12 aromatic carbocycles. The zero-order valence-corrected chi connectivity index (χ0v) is 45.9. The van der Waals surface area contributed by atoms with E-state index in [0.29, 0.717) is 5.56 Å². The van der Waals surface area contributed by atoms with E-state index in [-0.39, 0.29) is 12.1 Å². The molecule has 4 heteroatoms. The highest BCUT2D eigenvalue weighted by atomic mass is 16.5. The van der Waals surface area contributed by atoms with Gasteiger partial charge in [0.1, 0.15) is 11.5 Å². The van der Waals surface area contributed by atoms with Crippen LogP contribution in [0.4, 0.5) is 17.1 Å². The number of benzene rings is 12. The summed E-state index contributed by atoms with van der Waals surface area (Å²) in [7, 11) is 0. The fourth-order valence-corrected chi connectivity index (χ4v) is 13.4. The van der Waals surface area contributed by atoms with Gasteiger partial charge in [0.05, 0.1) is 17.0 Å². The van der Waals surface area contributed by atoms with Crippen LogP contribution in [0.2, 0.25) is 0 Å². The molecule has 3 aliphatic rings. The average molecular weight is 1050 g/mol. The quantitative estimate of drug-likeness (QED) is 0.142. The molecule has 82 heavy (non-hydrogen) atoms. The van der Waals surface area contributed by atoms with Crippen molar-refractivity contribution in [2.45, 2.75) is 31.6 Å². The molecule has 0 atom stereocenters. The predicted molar refractivity (Wildman–Crippen MR) is 340 cm³/mol. The Balaban J connectivity index is 1.01. The molecule has 0 spiro atoms. The number of hydrogen-bond acceptors (Lipinski definition) is 3. The molecule has 0 amide bonds. The number of ether oxygens (including phenoxy) is 1. The minimum atomic E-state index is -0.687. The fraction of sp³-hybridized carbons (Fsp3) is 0.0641. The van der Waals surface area contributed by atoms with Gasteiger partial charge >= 0.3 is 0 Å². The second-order valence-electron chi connectivity index (χ2n) is 23.1. The van der Waals surface area contributed by atoms with Gasteiger partial charge in [-0.15, -0.1) is 0 Å². The SMILES string of the molecule is CC(C)(C)c1ccc(-c2ccc(N3c4ccc(-c5cc(-c6ccccc6)cc(-c6ccccc6)c5)cc4B4c5cc(-c6cccc(C#N)c6)ccc5Oc5cc(C6(c7ccccc7)c7ccccc7-c7ccccc76)cc3c54)cc2)cc1. The zero-order chi connectivity index (χ0) is 55.1. The van der Waals surface area contributed by atoms with E-state index in [0.717, 1.165) is 84.0 Å². The fourth-order valence-electron chi connectivity index (χ4n) is 13.4. The van der Waals surface area contributed by atoms with Crippen LogP contribution in [0.15, 0.2) is 279 Å². The summed E-state index contributed by atoms with van der Waals surface area (Å²) >= 11 is 0. The van der Waals surface area contributed by atoms with E-state index in [2.05, 4.69) is 293 Å². The lowest BCUT2D eigenvalue weighted by Gasteiger charge is -2.42. The van der Waals surface area contributed by atoms with Gasteiger partial charge in [-0.1, -0.05) is 233 Å². The Labute approximate surface area is 480 Å². The van der Waals surface area contributed by atoms with Crippen LogP contribution in [-0.2, 0) is 10.8 Å². The van der Waals surface area contributed by atoms with E-state index in [1.54, 1.807) is 0 Å². The van der Waals surface area contributed by atoms with Crippen molar-refractivity contribution < 1.29 is 4.74 Å². The van der Waals surface area contributed by atoms with Crippen molar-refractivity contribution >= 4 is 40.2 Å². The van der Waals surface area contributed by atoms with Gasteiger partial charge in [0.15, 0.2) is 0 Å². The summed E-state index contributed by atoms with van der Waals surface area (Å²) in [6, 6.07) is 104. The van der Waals surface area contributed by atoms with E-state index in [1.807, 2.05) is 18.2 Å². The van der Waals surface area contributed by atoms with Gasteiger partial charge in [-0.05, 0) is 183 Å². The molecule has 2 aliphatic heterocycles. The van der Waals surface area contributed by atoms with Crippen molar-refractivity contribution in [2.24, 2.45) is 0 Å². The molecule has 1 aliphatic carbocycles. The molecule has 0 saturated carbocycles. The number of hydrogen-bond donors (Lipinski definition) is 0. The van der Waals surface area contributed by atoms with E-state index < -0.39 is 5.41 Å². The van der Waals surface area contributed by atoms with Crippen LogP contribution >= 0.6 is 0 Å². The summed E-state index contributed by atoms with van der Waals surface area (Å²) in [5.74, 6) is 1.64. The third-order valence-corrected chi connectivity index (χ3v) is 17.4. The number of fused-ring (bicyclic) bond motifs is 7. The van der Waals surface area contributed by atoms with Crippen molar-refractivity contribution in [2.75, 3.05) is 4.90 Å². The standard InChI is InChI=1S/C78H55BN2O/c1-77(2,3)62-36-30-54(31-37-62)55-32-38-65(39-33-55)81-72-40-34-58(61-44-59(52-19-7-4-8-20-52)43-60(45-61)53-21-9-5-10-22-53)46-70(72)79-71-47-57(56-23-17-18-51(42-56)50-80)35-41-74(71)82-75-49-64(48-73(81)76(75)79)78(63-24-11-6-12-25-63)68-28-15-13-26-66(68)67-27-14-16-29-69(67)78/h4-49H,1-3H3. The molecule has 0 fully saturated rings. The molecule has 15 rings (SSSR count). The molecule has 0 unspecified atom stereocenters. The van der Waals surface area contributed by atoms with Crippen LogP contribution in [-0.4, -0.2) is 6.71 Å². The smallest absolute Gasteiger partial charge is 0.256 e. The van der Waals surface area contributed by atoms with E-state index in [1.165, 1.54) is 55.5 Å². The summed E-state index contributed by atoms with van der Waals surface area (Å²) in [6.45, 7) is 6.56. The van der Waals surface area contributed by atoms with Gasteiger partial charge in [-0.25, -0.2) is 0 Å². The number of anilines is 3. The number of rotatable bonds is 8. The largest absolute Gasteiger partial charge is 0.458 e. The highest BCUT2D eigenvalue weighted by molar-refractivity contribution is 6.99. The van der Waals surface area contributed by atoms with Gasteiger partial charge in [0.2, 0.25) is 0 Å². The second-order valence-corrected chi connectivity index (χ2v) is 23.1. The predicted octanol–water partition coefficient (Wildman–Crippen LogP) is 18.0. The summed E-state index contributed by atoms with van der Waals surface area (Å²) in [5, 5.41) is 10.1. The van der Waals surface area contributed by atoms with Crippen LogP contribution in [0.1, 0.15) is 54.2 Å². The Hall–Kier alpha value is -10.2. The van der Waals surface area contributed by atoms with Crippen LogP contribution in [0.25, 0.3) is 66.8 Å². The first-order valence-corrected chi connectivity index (χ1v) is 28.4. The first-order valence-electron chi connectivity index (χ1n) is 28.4. The molecule has 0 N–H and O–H groups in total. The van der Waals surface area contributed by atoms with E-state index in [9.17, 15) is 5.26 Å². The first-order chi connectivity index (χ1) is 40.2. The van der Waals surface area contributed by atoms with Gasteiger partial charge in [0.25, 0.3) is 6.71 Å². The maximum Gasteiger partial charge on any atom is 0.256 e. The monoisotopic (exact) mass is 1050 g/mol. The van der Waals surface area contributed by atoms with Crippen molar-refractivity contribution in [3.63, 3.8) is 0 Å². The molecular weight excluding hydrogens is 992 g/mol. The minimum absolute atomic E-state index is 0.0559. The first kappa shape index (κ1) is 48.9. The summed E-state index contributed by atoms with van der Waals surface area (Å²) in [6.07, 6.45) is 0. The Morgan fingerprint density at radius 3 is 1.51 bits per heavy atom. The number of nitrogens with zero attached hydrogens (tertiary/aromatic N) is 2. The zero-order valence-electron chi connectivity index (χ0n) is 45.9. The van der Waals surface area contributed by atoms with Crippen LogP contribution in [0.3, 0.4) is 0 Å². The van der Waals surface area contributed by atoms with Gasteiger partial charge in [-0.3, -0.25) is 0 Å². The maximum absolute atomic E-state index is 10.1. The highest BCUT2D eigenvalue weighted by Gasteiger charge is 2.49. The lowest BCUT2D eigenvalue weighted by molar-refractivity contribution is 0.486. The third-order valence-electron chi connectivity index (χ3n) is 17.4. The molecule has 12 aromatic rings. The summed E-state index contributed by atoms with van der Waals surface area (Å²) < 4.78 is 7.49. The van der Waals surface area contributed by atoms with E-state index >= 15 is 0 Å². The van der Waals surface area contributed by atoms with Gasteiger partial charge in [0, 0.05) is 17.1 Å². The second kappa shape index (κ2) is 19.3. The minimum Gasteiger partial charge on any atom is -0.458 e. The van der Waals surface area contributed by atoms with Gasteiger partial charge in [-0.2, -0.15) is 5.26 Å². The van der Waals surface area contributed by atoms with Crippen LogP contribution < -0.4 is 26.0 Å². The van der Waals surface area contributed by atoms with Crippen LogP contribution in [0, 0.1) is 11.3 Å². The molecular formula is C78H55BN2O. The third kappa shape index (κ3) is 7.95. The average Bonchev–Trinajstić information content (AvgIpc) is 1.85. The molecule has 0 radical (unpaired) electrons. The van der Waals surface area contributed by atoms with Crippen molar-refractivity contribution in [1.82, 2.24) is 0 Å². The lowest BCUT2D eigenvalue weighted by atomic mass is 9.34. The maximum atomic E-state index is 10.1. The van der Waals surface area contributed by atoms with E-state index in [4.69, 9.17) is 4.74 Å². The van der Waals surface area contributed by atoms with Crippen molar-refractivity contribution in [3.05, 3.63) is 312 Å². The normalized spacial score (nSPS) is 13.2.